The largest absolute Gasteiger partial charge is 0.291 e. The van der Waals surface area contributed by atoms with Gasteiger partial charge >= 0.3 is 0 Å². The highest BCUT2D eigenvalue weighted by Gasteiger charge is 2.20. The minimum absolute atomic E-state index is 0. The molecule has 0 aromatic heterocycles. The molecule has 0 saturated carbocycles. The highest BCUT2D eigenvalue weighted by Crippen LogP contribution is 2.11. The van der Waals surface area contributed by atoms with Gasteiger partial charge in [-0.15, -0.1) is 12.4 Å². The summed E-state index contributed by atoms with van der Waals surface area (Å²) in [6.45, 7) is 6.29. The molecule has 1 aromatic carbocycles. The van der Waals surface area contributed by atoms with Crippen LogP contribution in [0.4, 0.5) is 0 Å². The van der Waals surface area contributed by atoms with Crippen molar-refractivity contribution in [2.45, 2.75) is 27.3 Å². The van der Waals surface area contributed by atoms with E-state index < -0.39 is 0 Å². The minimum Gasteiger partial charge on any atom is -0.291 e. The summed E-state index contributed by atoms with van der Waals surface area (Å²) in [7, 11) is 0. The highest BCUT2D eigenvalue weighted by molar-refractivity contribution is 5.85. The molecule has 0 heterocycles. The molecule has 4 heteroatoms. The van der Waals surface area contributed by atoms with Gasteiger partial charge in [0.25, 0.3) is 0 Å². The van der Waals surface area contributed by atoms with Crippen LogP contribution in [0.1, 0.15) is 26.3 Å². The lowest BCUT2D eigenvalue weighted by Crippen LogP contribution is -2.43. The third-order valence-corrected chi connectivity index (χ3v) is 2.02. The molecule has 1 aromatic rings. The van der Waals surface area contributed by atoms with Gasteiger partial charge in [0, 0.05) is 12.0 Å². The van der Waals surface area contributed by atoms with Crippen molar-refractivity contribution in [2.24, 2.45) is 5.41 Å². The maximum atomic E-state index is 11.5. The van der Waals surface area contributed by atoms with Crippen LogP contribution < -0.4 is 10.9 Å². The van der Waals surface area contributed by atoms with Crippen molar-refractivity contribution in [3.8, 4) is 0 Å². The second-order valence-corrected chi connectivity index (χ2v) is 4.54. The fraction of sp³-hybridized carbons (Fsp3) is 0.417. The molecule has 3 nitrogen and oxygen atoms in total. The Morgan fingerprint density at radius 3 is 2.25 bits per heavy atom. The van der Waals surface area contributed by atoms with Gasteiger partial charge in [0.05, 0.1) is 0 Å². The molecule has 0 fully saturated rings. The van der Waals surface area contributed by atoms with E-state index in [0.717, 1.165) is 5.56 Å². The third kappa shape index (κ3) is 5.14. The molecule has 0 unspecified atom stereocenters. The summed E-state index contributed by atoms with van der Waals surface area (Å²) in [5.74, 6) is -0.00145. The van der Waals surface area contributed by atoms with E-state index >= 15 is 0 Å². The Morgan fingerprint density at radius 1 is 1.19 bits per heavy atom. The topological polar surface area (TPSA) is 41.1 Å². The monoisotopic (exact) mass is 242 g/mol. The first-order valence-electron chi connectivity index (χ1n) is 5.07. The minimum atomic E-state index is -0.357. The first kappa shape index (κ1) is 14.9. The van der Waals surface area contributed by atoms with Crippen molar-refractivity contribution in [1.82, 2.24) is 10.9 Å². The van der Waals surface area contributed by atoms with Gasteiger partial charge in [-0.25, -0.2) is 5.43 Å². The zero-order chi connectivity index (χ0) is 11.3. The van der Waals surface area contributed by atoms with E-state index in [0.29, 0.717) is 6.54 Å². The first-order valence-corrected chi connectivity index (χ1v) is 5.07. The van der Waals surface area contributed by atoms with Gasteiger partial charge in [-0.05, 0) is 5.56 Å². The summed E-state index contributed by atoms with van der Waals surface area (Å²) in [5, 5.41) is 0. The van der Waals surface area contributed by atoms with Crippen LogP contribution in [0.15, 0.2) is 30.3 Å². The number of benzene rings is 1. The zero-order valence-electron chi connectivity index (χ0n) is 9.91. The average Bonchev–Trinajstić information content (AvgIpc) is 2.18. The van der Waals surface area contributed by atoms with Crippen molar-refractivity contribution in [2.75, 3.05) is 0 Å². The van der Waals surface area contributed by atoms with Crippen LogP contribution in [0.2, 0.25) is 0 Å². The Morgan fingerprint density at radius 2 is 1.75 bits per heavy atom. The molecule has 0 aliphatic carbocycles. The summed E-state index contributed by atoms with van der Waals surface area (Å²) in [6, 6.07) is 9.94. The molecule has 0 saturated heterocycles. The molecule has 90 valence electrons. The Kier molecular flexibility index (Phi) is 6.08. The molecule has 1 amide bonds. The van der Waals surface area contributed by atoms with Crippen LogP contribution in [0.25, 0.3) is 0 Å². The zero-order valence-corrected chi connectivity index (χ0v) is 10.7. The van der Waals surface area contributed by atoms with Gasteiger partial charge in [0.1, 0.15) is 0 Å². The van der Waals surface area contributed by atoms with Gasteiger partial charge < -0.3 is 0 Å². The van der Waals surface area contributed by atoms with Crippen LogP contribution in [-0.2, 0) is 11.3 Å². The number of rotatable bonds is 3. The van der Waals surface area contributed by atoms with E-state index in [1.54, 1.807) is 0 Å². The maximum Gasteiger partial charge on any atom is 0.239 e. The number of hydrogen-bond acceptors (Lipinski definition) is 2. The standard InChI is InChI=1S/C12H18N2O.ClH/c1-12(2,3)11(15)14-13-9-10-7-5-4-6-8-10;/h4-8,13H,9H2,1-3H3,(H,14,15);1H. The summed E-state index contributed by atoms with van der Waals surface area (Å²) in [4.78, 5) is 11.5. The molecule has 0 aliphatic heterocycles. The second kappa shape index (κ2) is 6.51. The van der Waals surface area contributed by atoms with Gasteiger partial charge in [-0.2, -0.15) is 0 Å². The molecule has 1 rings (SSSR count). The lowest BCUT2D eigenvalue weighted by atomic mass is 9.96. The van der Waals surface area contributed by atoms with Gasteiger partial charge in [0.2, 0.25) is 5.91 Å². The predicted molar refractivity (Wildman–Crippen MR) is 68.1 cm³/mol. The van der Waals surface area contributed by atoms with E-state index in [2.05, 4.69) is 10.9 Å². The Hall–Kier alpha value is -1.06. The second-order valence-electron chi connectivity index (χ2n) is 4.54. The molecule has 0 atom stereocenters. The Labute approximate surface area is 103 Å². The van der Waals surface area contributed by atoms with Crippen molar-refractivity contribution in [3.05, 3.63) is 35.9 Å². The van der Waals surface area contributed by atoms with E-state index in [4.69, 9.17) is 0 Å². The van der Waals surface area contributed by atoms with Crippen LogP contribution in [0, 0.1) is 5.41 Å². The number of hydrogen-bond donors (Lipinski definition) is 2. The Balaban J connectivity index is 0.00000225. The van der Waals surface area contributed by atoms with E-state index in [9.17, 15) is 4.79 Å². The normalized spacial score (nSPS) is 10.4. The third-order valence-electron chi connectivity index (χ3n) is 2.02. The average molecular weight is 243 g/mol. The van der Waals surface area contributed by atoms with Crippen molar-refractivity contribution in [3.63, 3.8) is 0 Å². The fourth-order valence-electron chi connectivity index (χ4n) is 1.01. The number of carbonyl (C=O) groups excluding carboxylic acids is 1. The predicted octanol–water partition coefficient (Wildman–Crippen LogP) is 2.28. The molecule has 0 spiro atoms. The van der Waals surface area contributed by atoms with E-state index in [1.807, 2.05) is 51.1 Å². The molecule has 0 radical (unpaired) electrons. The molecular formula is C12H19ClN2O. The summed E-state index contributed by atoms with van der Waals surface area (Å²) in [6.07, 6.45) is 0. The van der Waals surface area contributed by atoms with Crippen LogP contribution in [0.5, 0.6) is 0 Å². The quantitative estimate of drug-likeness (QED) is 0.799. The lowest BCUT2D eigenvalue weighted by Gasteiger charge is -2.17. The summed E-state index contributed by atoms with van der Waals surface area (Å²) >= 11 is 0. The molecule has 16 heavy (non-hydrogen) atoms. The molecule has 0 bridgehead atoms. The lowest BCUT2D eigenvalue weighted by molar-refractivity contribution is -0.129. The van der Waals surface area contributed by atoms with Crippen molar-refractivity contribution < 1.29 is 4.79 Å². The number of carbonyl (C=O) groups is 1. The molecular weight excluding hydrogens is 224 g/mol. The number of halogens is 1. The van der Waals surface area contributed by atoms with E-state index in [1.165, 1.54) is 0 Å². The fourth-order valence-corrected chi connectivity index (χ4v) is 1.01. The SMILES string of the molecule is CC(C)(C)C(=O)NNCc1ccccc1.Cl. The first-order chi connectivity index (χ1) is 7.00. The van der Waals surface area contributed by atoms with Crippen LogP contribution >= 0.6 is 12.4 Å². The van der Waals surface area contributed by atoms with Crippen LogP contribution in [0.3, 0.4) is 0 Å². The molecule has 2 N–H and O–H groups in total. The highest BCUT2D eigenvalue weighted by atomic mass is 35.5. The van der Waals surface area contributed by atoms with E-state index in [-0.39, 0.29) is 23.7 Å². The summed E-state index contributed by atoms with van der Waals surface area (Å²) < 4.78 is 0. The molecule has 0 aliphatic rings. The smallest absolute Gasteiger partial charge is 0.239 e. The van der Waals surface area contributed by atoms with Crippen LogP contribution in [-0.4, -0.2) is 5.91 Å². The van der Waals surface area contributed by atoms with Gasteiger partial charge in [0.15, 0.2) is 0 Å². The number of nitrogens with one attached hydrogen (secondary N) is 2. The van der Waals surface area contributed by atoms with Crippen molar-refractivity contribution in [1.29, 1.82) is 0 Å². The van der Waals surface area contributed by atoms with Crippen molar-refractivity contribution >= 4 is 18.3 Å². The number of amides is 1. The number of hydrazine groups is 1. The Bertz CT molecular complexity index is 320. The van der Waals surface area contributed by atoms with Gasteiger partial charge in [-0.3, -0.25) is 10.2 Å². The van der Waals surface area contributed by atoms with Gasteiger partial charge in [-0.1, -0.05) is 51.1 Å². The summed E-state index contributed by atoms with van der Waals surface area (Å²) in [5.41, 5.74) is 6.38. The maximum absolute atomic E-state index is 11.5.